The normalized spacial score (nSPS) is 18.3. The molecule has 5 nitrogen and oxygen atoms in total. The lowest BCUT2D eigenvalue weighted by Crippen LogP contribution is -2.35. The van der Waals surface area contributed by atoms with E-state index in [9.17, 15) is 4.79 Å². The van der Waals surface area contributed by atoms with Crippen molar-refractivity contribution in [3.63, 3.8) is 0 Å². The SMILES string of the molecule is COCCOc1cccc(NC(=O)C2CCCN2)c1. The zero-order chi connectivity index (χ0) is 13.5. The van der Waals surface area contributed by atoms with Gasteiger partial charge in [0.25, 0.3) is 0 Å². The van der Waals surface area contributed by atoms with Crippen LogP contribution in [0.1, 0.15) is 12.8 Å². The summed E-state index contributed by atoms with van der Waals surface area (Å²) < 4.78 is 10.4. The number of benzene rings is 1. The standard InChI is InChI=1S/C14H20N2O3/c1-18-8-9-19-12-5-2-4-11(10-12)16-14(17)13-6-3-7-15-13/h2,4-5,10,13,15H,3,6-9H2,1H3,(H,16,17). The van der Waals surface area contributed by atoms with Gasteiger partial charge in [-0.05, 0) is 31.5 Å². The van der Waals surface area contributed by atoms with E-state index in [-0.39, 0.29) is 11.9 Å². The van der Waals surface area contributed by atoms with Crippen LogP contribution in [0.4, 0.5) is 5.69 Å². The van der Waals surface area contributed by atoms with E-state index in [4.69, 9.17) is 9.47 Å². The Bertz CT molecular complexity index is 417. The highest BCUT2D eigenvalue weighted by Crippen LogP contribution is 2.18. The maximum atomic E-state index is 12.0. The molecule has 0 spiro atoms. The third kappa shape index (κ3) is 4.22. The van der Waals surface area contributed by atoms with Crippen molar-refractivity contribution in [2.24, 2.45) is 0 Å². The molecular weight excluding hydrogens is 244 g/mol. The fraction of sp³-hybridized carbons (Fsp3) is 0.500. The van der Waals surface area contributed by atoms with Crippen LogP contribution in [-0.4, -0.2) is 38.8 Å². The van der Waals surface area contributed by atoms with Crippen molar-refractivity contribution in [1.29, 1.82) is 0 Å². The maximum absolute atomic E-state index is 12.0. The van der Waals surface area contributed by atoms with Crippen LogP contribution < -0.4 is 15.4 Å². The van der Waals surface area contributed by atoms with Crippen molar-refractivity contribution < 1.29 is 14.3 Å². The Morgan fingerprint density at radius 2 is 2.37 bits per heavy atom. The zero-order valence-electron chi connectivity index (χ0n) is 11.1. The largest absolute Gasteiger partial charge is 0.491 e. The molecule has 1 atom stereocenters. The van der Waals surface area contributed by atoms with Crippen molar-refractivity contribution in [2.75, 3.05) is 32.2 Å². The molecule has 1 amide bonds. The molecule has 5 heteroatoms. The first-order valence-corrected chi connectivity index (χ1v) is 6.55. The average molecular weight is 264 g/mol. The van der Waals surface area contributed by atoms with Gasteiger partial charge in [-0.25, -0.2) is 0 Å². The van der Waals surface area contributed by atoms with Gasteiger partial charge in [-0.2, -0.15) is 0 Å². The molecule has 1 unspecified atom stereocenters. The van der Waals surface area contributed by atoms with E-state index in [1.165, 1.54) is 0 Å². The van der Waals surface area contributed by atoms with Gasteiger partial charge in [0.15, 0.2) is 0 Å². The summed E-state index contributed by atoms with van der Waals surface area (Å²) in [5.74, 6) is 0.751. The lowest BCUT2D eigenvalue weighted by atomic mass is 10.2. The van der Waals surface area contributed by atoms with E-state index in [0.717, 1.165) is 30.8 Å². The number of ether oxygens (including phenoxy) is 2. The van der Waals surface area contributed by atoms with Crippen LogP contribution in [0, 0.1) is 0 Å². The Hall–Kier alpha value is -1.59. The number of carbonyl (C=O) groups is 1. The van der Waals surface area contributed by atoms with Crippen molar-refractivity contribution in [1.82, 2.24) is 5.32 Å². The number of rotatable bonds is 6. The first-order chi connectivity index (χ1) is 9.29. The molecule has 0 radical (unpaired) electrons. The summed E-state index contributed by atoms with van der Waals surface area (Å²) >= 11 is 0. The van der Waals surface area contributed by atoms with Crippen molar-refractivity contribution in [3.8, 4) is 5.75 Å². The fourth-order valence-corrected chi connectivity index (χ4v) is 2.04. The minimum Gasteiger partial charge on any atom is -0.491 e. The second-order valence-corrected chi connectivity index (χ2v) is 4.51. The molecule has 0 bridgehead atoms. The van der Waals surface area contributed by atoms with Crippen LogP contribution in [-0.2, 0) is 9.53 Å². The molecule has 1 saturated heterocycles. The van der Waals surface area contributed by atoms with Crippen LogP contribution in [0.15, 0.2) is 24.3 Å². The van der Waals surface area contributed by atoms with Crippen LogP contribution >= 0.6 is 0 Å². The summed E-state index contributed by atoms with van der Waals surface area (Å²) in [6, 6.07) is 7.33. The van der Waals surface area contributed by atoms with Gasteiger partial charge in [-0.1, -0.05) is 6.07 Å². The molecule has 104 valence electrons. The lowest BCUT2D eigenvalue weighted by molar-refractivity contribution is -0.117. The third-order valence-electron chi connectivity index (χ3n) is 3.03. The lowest BCUT2D eigenvalue weighted by Gasteiger charge is -2.12. The van der Waals surface area contributed by atoms with Crippen molar-refractivity contribution >= 4 is 11.6 Å². The van der Waals surface area contributed by atoms with Crippen molar-refractivity contribution in [2.45, 2.75) is 18.9 Å². The smallest absolute Gasteiger partial charge is 0.241 e. The molecule has 1 heterocycles. The number of hydrogen-bond donors (Lipinski definition) is 2. The Morgan fingerprint density at radius 1 is 1.47 bits per heavy atom. The van der Waals surface area contributed by atoms with E-state index < -0.39 is 0 Å². The van der Waals surface area contributed by atoms with Crippen LogP contribution in [0.25, 0.3) is 0 Å². The maximum Gasteiger partial charge on any atom is 0.241 e. The number of amides is 1. The summed E-state index contributed by atoms with van der Waals surface area (Å²) in [6.07, 6.45) is 1.95. The summed E-state index contributed by atoms with van der Waals surface area (Å²) in [4.78, 5) is 12.0. The highest BCUT2D eigenvalue weighted by atomic mass is 16.5. The van der Waals surface area contributed by atoms with E-state index in [2.05, 4.69) is 10.6 Å². The first kappa shape index (κ1) is 13.8. The fourth-order valence-electron chi connectivity index (χ4n) is 2.04. The Morgan fingerprint density at radius 3 is 3.11 bits per heavy atom. The highest BCUT2D eigenvalue weighted by Gasteiger charge is 2.21. The van der Waals surface area contributed by atoms with Gasteiger partial charge in [-0.3, -0.25) is 4.79 Å². The van der Waals surface area contributed by atoms with Crippen LogP contribution in [0.3, 0.4) is 0 Å². The number of methoxy groups -OCH3 is 1. The molecular formula is C14H20N2O3. The Balaban J connectivity index is 1.88. The monoisotopic (exact) mass is 264 g/mol. The van der Waals surface area contributed by atoms with Crippen molar-refractivity contribution in [3.05, 3.63) is 24.3 Å². The number of nitrogens with one attached hydrogen (secondary N) is 2. The average Bonchev–Trinajstić information content (AvgIpc) is 2.93. The van der Waals surface area contributed by atoms with Gasteiger partial charge >= 0.3 is 0 Å². The Labute approximate surface area is 113 Å². The van der Waals surface area contributed by atoms with E-state index in [1.807, 2.05) is 24.3 Å². The quantitative estimate of drug-likeness (QED) is 0.763. The summed E-state index contributed by atoms with van der Waals surface area (Å²) in [5, 5.41) is 6.08. The Kier molecular flexibility index (Phi) is 5.18. The van der Waals surface area contributed by atoms with Gasteiger partial charge in [0.2, 0.25) is 5.91 Å². The topological polar surface area (TPSA) is 59.6 Å². The molecule has 1 fully saturated rings. The predicted octanol–water partition coefficient (Wildman–Crippen LogP) is 1.40. The summed E-state index contributed by atoms with van der Waals surface area (Å²) in [7, 11) is 1.63. The zero-order valence-corrected chi connectivity index (χ0v) is 11.1. The van der Waals surface area contributed by atoms with E-state index in [1.54, 1.807) is 7.11 Å². The summed E-state index contributed by atoms with van der Waals surface area (Å²) in [6.45, 7) is 1.96. The second-order valence-electron chi connectivity index (χ2n) is 4.51. The minimum absolute atomic E-state index is 0.0199. The molecule has 0 aromatic heterocycles. The highest BCUT2D eigenvalue weighted by molar-refractivity contribution is 5.95. The molecule has 1 aromatic carbocycles. The van der Waals surface area contributed by atoms with E-state index >= 15 is 0 Å². The third-order valence-corrected chi connectivity index (χ3v) is 3.03. The number of hydrogen-bond acceptors (Lipinski definition) is 4. The molecule has 1 aliphatic heterocycles. The molecule has 2 N–H and O–H groups in total. The van der Waals surface area contributed by atoms with Gasteiger partial charge in [0.1, 0.15) is 12.4 Å². The van der Waals surface area contributed by atoms with Gasteiger partial charge in [0.05, 0.1) is 12.6 Å². The second kappa shape index (κ2) is 7.11. The van der Waals surface area contributed by atoms with Crippen LogP contribution in [0.5, 0.6) is 5.75 Å². The molecule has 1 aromatic rings. The molecule has 0 saturated carbocycles. The number of anilines is 1. The summed E-state index contributed by atoms with van der Waals surface area (Å²) in [5.41, 5.74) is 0.758. The predicted molar refractivity (Wildman–Crippen MR) is 73.5 cm³/mol. The van der Waals surface area contributed by atoms with Gasteiger partial charge in [0, 0.05) is 18.9 Å². The molecule has 19 heavy (non-hydrogen) atoms. The first-order valence-electron chi connectivity index (χ1n) is 6.55. The molecule has 2 rings (SSSR count). The van der Waals surface area contributed by atoms with Crippen LogP contribution in [0.2, 0.25) is 0 Å². The molecule has 1 aliphatic rings. The van der Waals surface area contributed by atoms with Gasteiger partial charge in [-0.15, -0.1) is 0 Å². The number of carbonyl (C=O) groups excluding carboxylic acids is 1. The minimum atomic E-state index is -0.0712. The molecule has 0 aliphatic carbocycles. The van der Waals surface area contributed by atoms with Gasteiger partial charge < -0.3 is 20.1 Å². The van der Waals surface area contributed by atoms with E-state index in [0.29, 0.717) is 13.2 Å².